The SMILES string of the molecule is CP(Cl)Cl.Cl.Cl.Cl.P. The van der Waals surface area contributed by atoms with Gasteiger partial charge in [0.05, 0.1) is 6.63 Å². The average Bonchev–Trinajstić information content (AvgIpc) is 0.811. The average molecular weight is 260 g/mol. The fraction of sp³-hybridized carbons (Fsp3) is 1.00. The molecule has 0 spiro atoms. The maximum Gasteiger partial charge on any atom is 0.0823 e. The van der Waals surface area contributed by atoms with Crippen LogP contribution < -0.4 is 0 Å². The molecule has 0 nitrogen and oxygen atoms in total. The van der Waals surface area contributed by atoms with Crippen molar-refractivity contribution in [2.24, 2.45) is 0 Å². The normalized spacial score (nSPS) is 4.50. The van der Waals surface area contributed by atoms with Gasteiger partial charge in [-0.25, -0.2) is 0 Å². The Labute approximate surface area is 82.6 Å². The van der Waals surface area contributed by atoms with Crippen LogP contribution in [-0.2, 0) is 0 Å². The van der Waals surface area contributed by atoms with E-state index >= 15 is 0 Å². The third-order valence-electron chi connectivity index (χ3n) is 0. The lowest BCUT2D eigenvalue weighted by molar-refractivity contribution is 2.49. The van der Waals surface area contributed by atoms with E-state index in [4.69, 9.17) is 22.5 Å². The summed E-state index contributed by atoms with van der Waals surface area (Å²) in [4.78, 5) is 0. The predicted molar refractivity (Wildman–Crippen MR) is 57.4 cm³/mol. The quantitative estimate of drug-likeness (QED) is 0.582. The highest BCUT2D eigenvalue weighted by atomic mass is 35.9. The Balaban J connectivity index is -0.00000000750. The number of hydrogen-bond acceptors (Lipinski definition) is 0. The van der Waals surface area contributed by atoms with Gasteiger partial charge in [0.2, 0.25) is 0 Å². The minimum atomic E-state index is -0.676. The highest BCUT2D eigenvalue weighted by Crippen LogP contribution is 2.41. The van der Waals surface area contributed by atoms with Crippen LogP contribution >= 0.6 is 76.2 Å². The van der Waals surface area contributed by atoms with Crippen LogP contribution in [0.25, 0.3) is 0 Å². The van der Waals surface area contributed by atoms with Gasteiger partial charge in [0.15, 0.2) is 0 Å². The summed E-state index contributed by atoms with van der Waals surface area (Å²) in [6, 6.07) is 0. The first-order valence-corrected chi connectivity index (χ1v) is 4.38. The second-order valence-electron chi connectivity index (χ2n) is 0.402. The van der Waals surface area contributed by atoms with Gasteiger partial charge in [0, 0.05) is 0 Å². The van der Waals surface area contributed by atoms with E-state index in [0.29, 0.717) is 0 Å². The molecule has 0 amide bonds. The van der Waals surface area contributed by atoms with Crippen LogP contribution in [0.5, 0.6) is 0 Å². The van der Waals surface area contributed by atoms with Crippen LogP contribution in [-0.4, -0.2) is 6.66 Å². The van der Waals surface area contributed by atoms with E-state index in [9.17, 15) is 0 Å². The fourth-order valence-electron chi connectivity index (χ4n) is 0. The van der Waals surface area contributed by atoms with Gasteiger partial charge >= 0.3 is 0 Å². The van der Waals surface area contributed by atoms with Crippen LogP contribution in [0.3, 0.4) is 0 Å². The number of halogens is 5. The molecule has 58 valence electrons. The first-order chi connectivity index (χ1) is 1.73. The molecule has 1 atom stereocenters. The smallest absolute Gasteiger partial charge is 0.0823 e. The molecule has 0 aromatic carbocycles. The van der Waals surface area contributed by atoms with E-state index < -0.39 is 6.63 Å². The van der Waals surface area contributed by atoms with Crippen molar-refractivity contribution >= 4 is 76.2 Å². The Morgan fingerprint density at radius 3 is 1.00 bits per heavy atom. The molecule has 0 radical (unpaired) electrons. The molecule has 0 N–H and O–H groups in total. The van der Waals surface area contributed by atoms with Crippen LogP contribution in [0.2, 0.25) is 0 Å². The lowest BCUT2D eigenvalue weighted by Gasteiger charge is -1.72. The van der Waals surface area contributed by atoms with E-state index in [-0.39, 0.29) is 47.1 Å². The summed E-state index contributed by atoms with van der Waals surface area (Å²) in [7, 11) is 0. The molecule has 0 saturated heterocycles. The molecule has 0 rings (SSSR count). The van der Waals surface area contributed by atoms with Crippen LogP contribution in [0.1, 0.15) is 0 Å². The Bertz CT molecular complexity index is 15.1. The standard InChI is InChI=1S/CH3Cl2P.3ClH.H3P/c1-4(2)3;;;;/h1H3;3*1H;1H3. The summed E-state index contributed by atoms with van der Waals surface area (Å²) >= 11 is 10.2. The molecule has 0 fully saturated rings. The highest BCUT2D eigenvalue weighted by Gasteiger charge is 1.75. The van der Waals surface area contributed by atoms with Gasteiger partial charge in [-0.3, -0.25) is 0 Å². The van der Waals surface area contributed by atoms with Gasteiger partial charge < -0.3 is 0 Å². The Morgan fingerprint density at radius 1 is 1.00 bits per heavy atom. The molecule has 0 aliphatic rings. The first-order valence-electron chi connectivity index (χ1n) is 0.785. The van der Waals surface area contributed by atoms with Gasteiger partial charge in [-0.2, -0.15) is 9.90 Å². The zero-order valence-corrected chi connectivity index (χ0v) is 10.4. The maximum atomic E-state index is 5.10. The third kappa shape index (κ3) is 83.2. The molecule has 8 heavy (non-hydrogen) atoms. The summed E-state index contributed by atoms with van der Waals surface area (Å²) < 4.78 is 0. The lowest BCUT2D eigenvalue weighted by atomic mass is 12.0. The van der Waals surface area contributed by atoms with Gasteiger partial charge in [-0.1, -0.05) is 22.5 Å². The molecule has 0 aliphatic heterocycles. The third-order valence-corrected chi connectivity index (χ3v) is 0. The van der Waals surface area contributed by atoms with Crippen LogP contribution in [0.15, 0.2) is 0 Å². The maximum absolute atomic E-state index is 5.10. The van der Waals surface area contributed by atoms with Crippen molar-refractivity contribution in [2.45, 2.75) is 0 Å². The molecule has 7 heteroatoms. The Morgan fingerprint density at radius 2 is 1.00 bits per heavy atom. The van der Waals surface area contributed by atoms with Crippen molar-refractivity contribution in [3.63, 3.8) is 0 Å². The number of hydrogen-bond donors (Lipinski definition) is 0. The van der Waals surface area contributed by atoms with Crippen molar-refractivity contribution in [1.29, 1.82) is 0 Å². The first kappa shape index (κ1) is 31.7. The summed E-state index contributed by atoms with van der Waals surface area (Å²) in [6.07, 6.45) is 0. The fourth-order valence-corrected chi connectivity index (χ4v) is 0. The van der Waals surface area contributed by atoms with Crippen molar-refractivity contribution in [3.05, 3.63) is 0 Å². The summed E-state index contributed by atoms with van der Waals surface area (Å²) in [5.41, 5.74) is 0. The molecule has 0 heterocycles. The van der Waals surface area contributed by atoms with Gasteiger partial charge in [-0.15, -0.1) is 37.2 Å². The summed E-state index contributed by atoms with van der Waals surface area (Å²) in [5.74, 6) is 0. The number of rotatable bonds is 0. The Kier molecular flexibility index (Phi) is 90.3. The van der Waals surface area contributed by atoms with E-state index in [2.05, 4.69) is 0 Å². The predicted octanol–water partition coefficient (Wildman–Crippen LogP) is 3.73. The molecule has 0 aliphatic carbocycles. The van der Waals surface area contributed by atoms with E-state index in [0.717, 1.165) is 0 Å². The van der Waals surface area contributed by atoms with E-state index in [1.54, 1.807) is 6.66 Å². The largest absolute Gasteiger partial charge is 0.153 e. The van der Waals surface area contributed by atoms with Gasteiger partial charge in [0.25, 0.3) is 0 Å². The minimum Gasteiger partial charge on any atom is -0.153 e. The van der Waals surface area contributed by atoms with Crippen LogP contribution in [0, 0.1) is 0 Å². The molecule has 1 unspecified atom stereocenters. The summed E-state index contributed by atoms with van der Waals surface area (Å²) in [6.45, 7) is 1.09. The molecule has 0 aromatic rings. The zero-order valence-electron chi connectivity index (χ0n) is 4.13. The molecule has 0 saturated carbocycles. The topological polar surface area (TPSA) is 0 Å². The molecular formula is CH9Cl5P2. The van der Waals surface area contributed by atoms with Crippen molar-refractivity contribution in [2.75, 3.05) is 6.66 Å². The molecule has 0 bridgehead atoms. The second-order valence-corrected chi connectivity index (χ2v) is 4.77. The summed E-state index contributed by atoms with van der Waals surface area (Å²) in [5, 5.41) is 0. The lowest BCUT2D eigenvalue weighted by Crippen LogP contribution is -1.20. The van der Waals surface area contributed by atoms with E-state index in [1.165, 1.54) is 0 Å². The monoisotopic (exact) mass is 258 g/mol. The van der Waals surface area contributed by atoms with Crippen LogP contribution in [0.4, 0.5) is 0 Å². The van der Waals surface area contributed by atoms with Gasteiger partial charge in [0.1, 0.15) is 0 Å². The van der Waals surface area contributed by atoms with Crippen molar-refractivity contribution < 1.29 is 0 Å². The van der Waals surface area contributed by atoms with E-state index in [1.807, 2.05) is 0 Å². The second kappa shape index (κ2) is 22.8. The molecule has 0 aromatic heterocycles. The Hall–Kier alpha value is 2.31. The highest BCUT2D eigenvalue weighted by molar-refractivity contribution is 8.03. The minimum absolute atomic E-state index is 0. The zero-order chi connectivity index (χ0) is 3.58. The van der Waals surface area contributed by atoms with Crippen molar-refractivity contribution in [1.82, 2.24) is 0 Å². The van der Waals surface area contributed by atoms with Crippen molar-refractivity contribution in [3.8, 4) is 0 Å². The molecular weight excluding hydrogens is 251 g/mol. The van der Waals surface area contributed by atoms with Gasteiger partial charge in [-0.05, 0) is 6.66 Å².